The van der Waals surface area contributed by atoms with Crippen LogP contribution in [0.15, 0.2) is 73.6 Å². The Morgan fingerprint density at radius 2 is 1.82 bits per heavy atom. The van der Waals surface area contributed by atoms with E-state index in [1.165, 1.54) is 24.3 Å². The summed E-state index contributed by atoms with van der Waals surface area (Å²) in [5, 5.41) is 28.8. The van der Waals surface area contributed by atoms with Gasteiger partial charge in [-0.1, -0.05) is 11.6 Å². The Morgan fingerprint density at radius 3 is 2.52 bits per heavy atom. The maximum absolute atomic E-state index is 13.6. The SMILES string of the molecule is O=C(O)/C(=C/c1ccc(-c2ccc(F)c([N+](=O)[O-])c2)o1)Sc1nnc(-c2ccc(Cl)cc2)o1. The van der Waals surface area contributed by atoms with Crippen molar-refractivity contribution in [3.63, 3.8) is 0 Å². The van der Waals surface area contributed by atoms with E-state index in [-0.39, 0.29) is 33.1 Å². The number of furan rings is 1. The lowest BCUT2D eigenvalue weighted by Gasteiger charge is -1.99. The molecule has 0 unspecified atom stereocenters. The number of aliphatic carboxylic acids is 1. The standard InChI is InChI=1S/C21H11ClFN3O6S/c22-13-4-1-11(2-5-13)19-24-25-21(32-19)33-18(20(27)28)10-14-6-8-17(31-14)12-3-7-15(23)16(9-12)26(29)30/h1-10H,(H,27,28)/b18-10-. The molecule has 4 aromatic rings. The monoisotopic (exact) mass is 487 g/mol. The molecule has 0 spiro atoms. The highest BCUT2D eigenvalue weighted by molar-refractivity contribution is 8.03. The summed E-state index contributed by atoms with van der Waals surface area (Å²) in [7, 11) is 0. The Kier molecular flexibility index (Phi) is 6.24. The number of carbonyl (C=O) groups is 1. The number of nitro benzene ring substituents is 1. The highest BCUT2D eigenvalue weighted by Crippen LogP contribution is 2.32. The highest BCUT2D eigenvalue weighted by Gasteiger charge is 2.19. The van der Waals surface area contributed by atoms with Crippen LogP contribution < -0.4 is 0 Å². The van der Waals surface area contributed by atoms with Crippen LogP contribution in [0.1, 0.15) is 5.76 Å². The Morgan fingerprint density at radius 1 is 1.09 bits per heavy atom. The van der Waals surface area contributed by atoms with E-state index < -0.39 is 22.4 Å². The molecule has 0 saturated heterocycles. The first-order valence-electron chi connectivity index (χ1n) is 9.06. The van der Waals surface area contributed by atoms with Gasteiger partial charge in [0, 0.05) is 28.3 Å². The van der Waals surface area contributed by atoms with Gasteiger partial charge in [0.15, 0.2) is 0 Å². The number of rotatable bonds is 7. The summed E-state index contributed by atoms with van der Waals surface area (Å²) in [6.45, 7) is 0. The molecule has 2 heterocycles. The number of nitro groups is 1. The van der Waals surface area contributed by atoms with Gasteiger partial charge in [0.2, 0.25) is 11.7 Å². The summed E-state index contributed by atoms with van der Waals surface area (Å²) in [5.41, 5.74) is 0.177. The fraction of sp³-hybridized carbons (Fsp3) is 0. The molecule has 0 aliphatic carbocycles. The van der Waals surface area contributed by atoms with Crippen molar-refractivity contribution >= 4 is 41.1 Å². The maximum Gasteiger partial charge on any atom is 0.342 e. The van der Waals surface area contributed by atoms with Gasteiger partial charge in [-0.25, -0.2) is 4.79 Å². The average Bonchev–Trinajstić information content (AvgIpc) is 3.44. The van der Waals surface area contributed by atoms with E-state index >= 15 is 0 Å². The number of carboxylic acid groups (broad SMARTS) is 1. The molecule has 1 N–H and O–H groups in total. The third-order valence-corrected chi connectivity index (χ3v) is 5.34. The number of hydrogen-bond acceptors (Lipinski definition) is 8. The minimum Gasteiger partial charge on any atom is -0.477 e. The van der Waals surface area contributed by atoms with Crippen molar-refractivity contribution in [2.45, 2.75) is 5.22 Å². The van der Waals surface area contributed by atoms with Gasteiger partial charge in [0.1, 0.15) is 16.4 Å². The molecule has 0 amide bonds. The molecule has 0 atom stereocenters. The Balaban J connectivity index is 1.57. The molecule has 9 nitrogen and oxygen atoms in total. The van der Waals surface area contributed by atoms with Crippen LogP contribution in [0.2, 0.25) is 5.02 Å². The average molecular weight is 488 g/mol. The van der Waals surface area contributed by atoms with Gasteiger partial charge in [0.05, 0.1) is 4.92 Å². The van der Waals surface area contributed by atoms with Crippen LogP contribution in [0.25, 0.3) is 28.9 Å². The molecule has 2 aromatic carbocycles. The molecule has 12 heteroatoms. The van der Waals surface area contributed by atoms with Gasteiger partial charge >= 0.3 is 11.7 Å². The second kappa shape index (κ2) is 9.27. The van der Waals surface area contributed by atoms with E-state index in [1.54, 1.807) is 24.3 Å². The molecule has 0 aliphatic rings. The van der Waals surface area contributed by atoms with Gasteiger partial charge < -0.3 is 13.9 Å². The summed E-state index contributed by atoms with van der Waals surface area (Å²) in [6, 6.07) is 12.9. The molecule has 0 saturated carbocycles. The van der Waals surface area contributed by atoms with E-state index in [4.69, 9.17) is 20.4 Å². The van der Waals surface area contributed by atoms with E-state index in [2.05, 4.69) is 10.2 Å². The van der Waals surface area contributed by atoms with Crippen molar-refractivity contribution in [1.82, 2.24) is 10.2 Å². The third-order valence-electron chi connectivity index (χ3n) is 4.23. The first-order valence-corrected chi connectivity index (χ1v) is 10.3. The number of benzene rings is 2. The van der Waals surface area contributed by atoms with Gasteiger partial charge in [-0.3, -0.25) is 10.1 Å². The van der Waals surface area contributed by atoms with Gasteiger partial charge in [-0.15, -0.1) is 10.2 Å². The highest BCUT2D eigenvalue weighted by atomic mass is 35.5. The Labute approximate surface area is 193 Å². The van der Waals surface area contributed by atoms with Crippen LogP contribution in [-0.2, 0) is 4.79 Å². The summed E-state index contributed by atoms with van der Waals surface area (Å²) in [5.74, 6) is -1.70. The van der Waals surface area contributed by atoms with Crippen LogP contribution in [0.4, 0.5) is 10.1 Å². The summed E-state index contributed by atoms with van der Waals surface area (Å²) in [4.78, 5) is 21.6. The zero-order valence-corrected chi connectivity index (χ0v) is 17.8. The molecule has 166 valence electrons. The van der Waals surface area contributed by atoms with Gasteiger partial charge in [-0.05, 0) is 60.3 Å². The molecule has 0 aliphatic heterocycles. The van der Waals surface area contributed by atoms with Crippen LogP contribution in [-0.4, -0.2) is 26.2 Å². The van der Waals surface area contributed by atoms with Crippen LogP contribution in [0.5, 0.6) is 0 Å². The topological polar surface area (TPSA) is 132 Å². The molecule has 0 bridgehead atoms. The quantitative estimate of drug-likeness (QED) is 0.146. The summed E-state index contributed by atoms with van der Waals surface area (Å²) in [6.07, 6.45) is 1.24. The molecular weight excluding hydrogens is 477 g/mol. The predicted molar refractivity (Wildman–Crippen MR) is 117 cm³/mol. The number of carboxylic acids is 1. The second-order valence-electron chi connectivity index (χ2n) is 6.42. The first-order chi connectivity index (χ1) is 15.8. The largest absolute Gasteiger partial charge is 0.477 e. The van der Waals surface area contributed by atoms with Crippen LogP contribution >= 0.6 is 23.4 Å². The lowest BCUT2D eigenvalue weighted by Crippen LogP contribution is -1.96. The summed E-state index contributed by atoms with van der Waals surface area (Å²) < 4.78 is 24.6. The van der Waals surface area contributed by atoms with E-state index in [0.29, 0.717) is 10.6 Å². The number of thioether (sulfide) groups is 1. The zero-order valence-electron chi connectivity index (χ0n) is 16.3. The first kappa shape index (κ1) is 22.2. The fourth-order valence-electron chi connectivity index (χ4n) is 2.71. The lowest BCUT2D eigenvalue weighted by molar-refractivity contribution is -0.387. The number of halogens is 2. The van der Waals surface area contributed by atoms with Crippen molar-refractivity contribution in [2.75, 3.05) is 0 Å². The minimum absolute atomic E-state index is 0.00506. The number of nitrogens with zero attached hydrogens (tertiary/aromatic N) is 3. The van der Waals surface area contributed by atoms with Crippen molar-refractivity contribution < 1.29 is 28.0 Å². The summed E-state index contributed by atoms with van der Waals surface area (Å²) >= 11 is 6.58. The fourth-order valence-corrected chi connectivity index (χ4v) is 3.49. The van der Waals surface area contributed by atoms with Gasteiger partial charge in [-0.2, -0.15) is 4.39 Å². The molecule has 4 rings (SSSR count). The Bertz CT molecular complexity index is 1380. The predicted octanol–water partition coefficient (Wildman–Crippen LogP) is 5.92. The smallest absolute Gasteiger partial charge is 0.342 e. The molecular formula is C21H11ClFN3O6S. The van der Waals surface area contributed by atoms with E-state index in [0.717, 1.165) is 23.9 Å². The van der Waals surface area contributed by atoms with Crippen molar-refractivity contribution in [3.05, 3.63) is 86.2 Å². The Hall–Kier alpha value is -3.96. The van der Waals surface area contributed by atoms with E-state index in [1.807, 2.05) is 0 Å². The molecule has 0 fully saturated rings. The van der Waals surface area contributed by atoms with Crippen molar-refractivity contribution in [3.8, 4) is 22.8 Å². The number of aromatic nitrogens is 2. The maximum atomic E-state index is 13.6. The zero-order chi connectivity index (χ0) is 23.5. The molecule has 33 heavy (non-hydrogen) atoms. The third kappa shape index (κ3) is 5.10. The normalized spacial score (nSPS) is 11.5. The number of hydrogen-bond donors (Lipinski definition) is 1. The molecule has 0 radical (unpaired) electrons. The van der Waals surface area contributed by atoms with Gasteiger partial charge in [0.25, 0.3) is 5.22 Å². The van der Waals surface area contributed by atoms with Crippen molar-refractivity contribution in [1.29, 1.82) is 0 Å². The van der Waals surface area contributed by atoms with E-state index in [9.17, 15) is 24.4 Å². The molecule has 2 aromatic heterocycles. The van der Waals surface area contributed by atoms with Crippen LogP contribution in [0, 0.1) is 15.9 Å². The second-order valence-corrected chi connectivity index (χ2v) is 7.85. The lowest BCUT2D eigenvalue weighted by atomic mass is 10.1. The van der Waals surface area contributed by atoms with Crippen LogP contribution in [0.3, 0.4) is 0 Å². The van der Waals surface area contributed by atoms with Crippen molar-refractivity contribution in [2.24, 2.45) is 0 Å². The minimum atomic E-state index is -1.26.